The summed E-state index contributed by atoms with van der Waals surface area (Å²) in [7, 11) is 0. The highest BCUT2D eigenvalue weighted by Gasteiger charge is 2.11. The molecule has 2 heterocycles. The van der Waals surface area contributed by atoms with Crippen molar-refractivity contribution in [3.05, 3.63) is 66.1 Å². The third-order valence-corrected chi connectivity index (χ3v) is 3.04. The van der Waals surface area contributed by atoms with E-state index in [0.29, 0.717) is 5.65 Å². The van der Waals surface area contributed by atoms with E-state index in [1.165, 1.54) is 5.56 Å². The molecule has 0 saturated carbocycles. The molecule has 0 aliphatic rings. The van der Waals surface area contributed by atoms with Gasteiger partial charge in [-0.05, 0) is 23.8 Å². The van der Waals surface area contributed by atoms with Crippen molar-refractivity contribution in [3.63, 3.8) is 0 Å². The van der Waals surface area contributed by atoms with E-state index < -0.39 is 0 Å². The largest absolute Gasteiger partial charge is 0.867 e. The van der Waals surface area contributed by atoms with Crippen molar-refractivity contribution in [2.75, 3.05) is 0 Å². The summed E-state index contributed by atoms with van der Waals surface area (Å²) in [6.45, 7) is 2.65. The molecular formula is C15H14N2O. The lowest BCUT2D eigenvalue weighted by Gasteiger charge is -2.07. The van der Waals surface area contributed by atoms with Crippen LogP contribution in [0.1, 0.15) is 11.1 Å². The van der Waals surface area contributed by atoms with Gasteiger partial charge in [0.15, 0.2) is 0 Å². The van der Waals surface area contributed by atoms with Crippen molar-refractivity contribution in [3.8, 4) is 5.75 Å². The number of benzene rings is 1. The smallest absolute Gasteiger partial charge is 0.278 e. The zero-order valence-electron chi connectivity index (χ0n) is 10.2. The van der Waals surface area contributed by atoms with Gasteiger partial charge in [-0.3, -0.25) is 0 Å². The monoisotopic (exact) mass is 238 g/mol. The second-order valence-corrected chi connectivity index (χ2v) is 4.52. The Labute approximate surface area is 106 Å². The molecule has 3 nitrogen and oxygen atoms in total. The van der Waals surface area contributed by atoms with Crippen LogP contribution in [-0.2, 0) is 6.54 Å². The van der Waals surface area contributed by atoms with E-state index in [9.17, 15) is 5.11 Å². The molecule has 18 heavy (non-hydrogen) atoms. The number of fused-ring (bicyclic) bond motifs is 1. The van der Waals surface area contributed by atoms with Crippen LogP contribution in [0.3, 0.4) is 0 Å². The molecule has 2 aromatic heterocycles. The van der Waals surface area contributed by atoms with Crippen molar-refractivity contribution in [1.29, 1.82) is 0 Å². The summed E-state index contributed by atoms with van der Waals surface area (Å²) in [6.07, 6.45) is 5.84. The molecule has 0 amide bonds. The van der Waals surface area contributed by atoms with Crippen LogP contribution < -0.4 is 9.67 Å². The fourth-order valence-corrected chi connectivity index (χ4v) is 2.25. The number of rotatable bonds is 2. The van der Waals surface area contributed by atoms with Gasteiger partial charge in [-0.2, -0.15) is 0 Å². The number of aryl methyl sites for hydroxylation is 1. The quantitative estimate of drug-likeness (QED) is 0.625. The standard InChI is InChI=1S/C15H14N2O/c1-12-9-14(18)15-16(10-12)7-8-17(15)11-13-5-3-2-4-6-13/h2-10H,11H2,1H3. The lowest BCUT2D eigenvalue weighted by atomic mass is 10.2. The summed E-state index contributed by atoms with van der Waals surface area (Å²) in [5.41, 5.74) is 2.88. The normalized spacial score (nSPS) is 10.9. The molecule has 0 fully saturated rings. The van der Waals surface area contributed by atoms with E-state index in [4.69, 9.17) is 0 Å². The van der Waals surface area contributed by atoms with Gasteiger partial charge in [0.1, 0.15) is 18.9 Å². The minimum absolute atomic E-state index is 0.0657. The molecule has 0 aliphatic carbocycles. The Kier molecular flexibility index (Phi) is 2.52. The number of pyridine rings is 1. The summed E-state index contributed by atoms with van der Waals surface area (Å²) in [5.74, 6) is 0.0657. The molecule has 3 heteroatoms. The Morgan fingerprint density at radius 2 is 2.00 bits per heavy atom. The Morgan fingerprint density at radius 1 is 1.22 bits per heavy atom. The second-order valence-electron chi connectivity index (χ2n) is 4.52. The van der Waals surface area contributed by atoms with Gasteiger partial charge in [-0.25, -0.2) is 8.97 Å². The summed E-state index contributed by atoms with van der Waals surface area (Å²) in [4.78, 5) is 0. The molecule has 0 spiro atoms. The topological polar surface area (TPSA) is 31.3 Å². The SMILES string of the molecule is Cc1cc([O-])c2n(cc[n+]2Cc2ccccc2)c1. The number of aromatic nitrogens is 2. The zero-order valence-corrected chi connectivity index (χ0v) is 10.2. The molecule has 3 rings (SSSR count). The van der Waals surface area contributed by atoms with Gasteiger partial charge in [0.05, 0.1) is 6.20 Å². The fraction of sp³-hybridized carbons (Fsp3) is 0.133. The summed E-state index contributed by atoms with van der Waals surface area (Å²) in [5, 5.41) is 12.0. The number of hydrogen-bond acceptors (Lipinski definition) is 1. The Bertz CT molecular complexity index is 686. The zero-order chi connectivity index (χ0) is 12.5. The average Bonchev–Trinajstić information content (AvgIpc) is 2.73. The van der Waals surface area contributed by atoms with E-state index in [1.807, 2.05) is 52.7 Å². The lowest BCUT2D eigenvalue weighted by molar-refractivity contribution is -0.663. The highest BCUT2D eigenvalue weighted by molar-refractivity contribution is 5.48. The molecule has 0 radical (unpaired) electrons. The third kappa shape index (κ3) is 1.84. The molecule has 0 unspecified atom stereocenters. The van der Waals surface area contributed by atoms with E-state index in [1.54, 1.807) is 6.07 Å². The molecule has 3 aromatic rings. The molecular weight excluding hydrogens is 224 g/mol. The van der Waals surface area contributed by atoms with E-state index >= 15 is 0 Å². The van der Waals surface area contributed by atoms with Crippen LogP contribution >= 0.6 is 0 Å². The Morgan fingerprint density at radius 3 is 2.78 bits per heavy atom. The summed E-state index contributed by atoms with van der Waals surface area (Å²) < 4.78 is 3.87. The van der Waals surface area contributed by atoms with Crippen molar-refractivity contribution >= 4 is 5.65 Å². The van der Waals surface area contributed by atoms with Crippen LogP contribution in [0, 0.1) is 6.92 Å². The molecule has 0 saturated heterocycles. The van der Waals surface area contributed by atoms with Gasteiger partial charge < -0.3 is 5.11 Å². The summed E-state index contributed by atoms with van der Waals surface area (Å²) >= 11 is 0. The first-order chi connectivity index (χ1) is 8.74. The van der Waals surface area contributed by atoms with Crippen molar-refractivity contribution < 1.29 is 9.67 Å². The van der Waals surface area contributed by atoms with Gasteiger partial charge >= 0.3 is 0 Å². The van der Waals surface area contributed by atoms with Crippen LogP contribution in [0.5, 0.6) is 5.75 Å². The van der Waals surface area contributed by atoms with Crippen LogP contribution in [0.2, 0.25) is 0 Å². The van der Waals surface area contributed by atoms with Crippen molar-refractivity contribution in [2.45, 2.75) is 13.5 Å². The maximum absolute atomic E-state index is 12.0. The predicted molar refractivity (Wildman–Crippen MR) is 67.3 cm³/mol. The minimum Gasteiger partial charge on any atom is -0.867 e. The molecule has 90 valence electrons. The fourth-order valence-electron chi connectivity index (χ4n) is 2.25. The maximum Gasteiger partial charge on any atom is 0.278 e. The first-order valence-corrected chi connectivity index (χ1v) is 5.96. The highest BCUT2D eigenvalue weighted by atomic mass is 16.3. The highest BCUT2D eigenvalue weighted by Crippen LogP contribution is 2.14. The van der Waals surface area contributed by atoms with E-state index in [0.717, 1.165) is 12.1 Å². The van der Waals surface area contributed by atoms with Gasteiger partial charge in [0.25, 0.3) is 5.65 Å². The second kappa shape index (κ2) is 4.18. The van der Waals surface area contributed by atoms with Crippen molar-refractivity contribution in [1.82, 2.24) is 4.40 Å². The maximum atomic E-state index is 12.0. The van der Waals surface area contributed by atoms with E-state index in [-0.39, 0.29) is 5.75 Å². The predicted octanol–water partition coefficient (Wildman–Crippen LogP) is 1.66. The molecule has 0 atom stereocenters. The summed E-state index contributed by atoms with van der Waals surface area (Å²) in [6, 6.07) is 11.8. The van der Waals surface area contributed by atoms with Gasteiger partial charge in [0.2, 0.25) is 0 Å². The van der Waals surface area contributed by atoms with Gasteiger partial charge in [-0.15, -0.1) is 0 Å². The minimum atomic E-state index is 0.0657. The van der Waals surface area contributed by atoms with Crippen LogP contribution in [-0.4, -0.2) is 4.40 Å². The van der Waals surface area contributed by atoms with Gasteiger partial charge in [-0.1, -0.05) is 36.4 Å². The number of nitrogens with zero attached hydrogens (tertiary/aromatic N) is 2. The first-order valence-electron chi connectivity index (χ1n) is 5.96. The Hall–Kier alpha value is -2.29. The molecule has 0 aliphatic heterocycles. The number of imidazole rings is 1. The lowest BCUT2D eigenvalue weighted by Crippen LogP contribution is -2.33. The third-order valence-electron chi connectivity index (χ3n) is 3.04. The molecule has 0 N–H and O–H groups in total. The van der Waals surface area contributed by atoms with Crippen molar-refractivity contribution in [2.24, 2.45) is 0 Å². The Balaban J connectivity index is 2.08. The van der Waals surface area contributed by atoms with E-state index in [2.05, 4.69) is 12.1 Å². The van der Waals surface area contributed by atoms with Crippen LogP contribution in [0.4, 0.5) is 0 Å². The van der Waals surface area contributed by atoms with Gasteiger partial charge in [0, 0.05) is 0 Å². The average molecular weight is 238 g/mol. The van der Waals surface area contributed by atoms with Crippen LogP contribution in [0.25, 0.3) is 5.65 Å². The molecule has 0 bridgehead atoms. The first kappa shape index (κ1) is 10.8. The van der Waals surface area contributed by atoms with Crippen LogP contribution in [0.15, 0.2) is 55.0 Å². The molecule has 1 aromatic carbocycles. The number of hydrogen-bond donors (Lipinski definition) is 0.